The first-order valence-corrected chi connectivity index (χ1v) is 8.56. The number of carbonyl (C=O) groups is 2. The summed E-state index contributed by atoms with van der Waals surface area (Å²) in [6, 6.07) is 9.33. The molecule has 0 atom stereocenters. The summed E-state index contributed by atoms with van der Waals surface area (Å²) in [5.41, 5.74) is 1.89. The van der Waals surface area contributed by atoms with Gasteiger partial charge in [-0.15, -0.1) is 0 Å². The third-order valence-electron chi connectivity index (χ3n) is 3.76. The maximum absolute atomic E-state index is 11.8. The number of amides is 2. The SMILES string of the molecule is O=C(CNC(=O)OCc1ccccc1)NCCCc1cnc2ncnn2c1. The lowest BCUT2D eigenvalue weighted by molar-refractivity contribution is -0.120. The van der Waals surface area contributed by atoms with E-state index in [4.69, 9.17) is 4.74 Å². The Morgan fingerprint density at radius 2 is 1.93 bits per heavy atom. The van der Waals surface area contributed by atoms with Crippen molar-refractivity contribution in [3.63, 3.8) is 0 Å². The number of nitrogens with zero attached hydrogens (tertiary/aromatic N) is 4. The minimum absolute atomic E-state index is 0.125. The second-order valence-corrected chi connectivity index (χ2v) is 5.84. The second-order valence-electron chi connectivity index (χ2n) is 5.84. The summed E-state index contributed by atoms with van der Waals surface area (Å²) in [6.45, 7) is 0.535. The number of aryl methyl sites for hydroxylation is 1. The normalized spacial score (nSPS) is 10.5. The van der Waals surface area contributed by atoms with Crippen molar-refractivity contribution in [1.82, 2.24) is 30.2 Å². The Labute approximate surface area is 155 Å². The molecule has 3 rings (SSSR count). The Kier molecular flexibility index (Phi) is 6.29. The van der Waals surface area contributed by atoms with Crippen molar-refractivity contribution in [2.24, 2.45) is 0 Å². The fraction of sp³-hybridized carbons (Fsp3) is 0.278. The summed E-state index contributed by atoms with van der Waals surface area (Å²) in [5.74, 6) is 0.286. The number of aromatic nitrogens is 4. The van der Waals surface area contributed by atoms with E-state index in [2.05, 4.69) is 25.7 Å². The smallest absolute Gasteiger partial charge is 0.407 e. The van der Waals surface area contributed by atoms with Crippen molar-refractivity contribution in [2.75, 3.05) is 13.1 Å². The first-order valence-electron chi connectivity index (χ1n) is 8.56. The first-order chi connectivity index (χ1) is 13.2. The molecule has 0 radical (unpaired) electrons. The number of nitrogens with one attached hydrogen (secondary N) is 2. The highest BCUT2D eigenvalue weighted by Gasteiger charge is 2.06. The highest BCUT2D eigenvalue weighted by atomic mass is 16.5. The third-order valence-corrected chi connectivity index (χ3v) is 3.76. The molecule has 2 N–H and O–H groups in total. The maximum atomic E-state index is 11.8. The van der Waals surface area contributed by atoms with E-state index < -0.39 is 6.09 Å². The molecular weight excluding hydrogens is 348 g/mol. The van der Waals surface area contributed by atoms with Crippen LogP contribution in [0, 0.1) is 0 Å². The number of carbonyl (C=O) groups excluding carboxylic acids is 2. The predicted octanol–water partition coefficient (Wildman–Crippen LogP) is 1.10. The Morgan fingerprint density at radius 1 is 1.07 bits per heavy atom. The molecule has 0 fully saturated rings. The van der Waals surface area contributed by atoms with Gasteiger partial charge < -0.3 is 15.4 Å². The van der Waals surface area contributed by atoms with Gasteiger partial charge in [0.15, 0.2) is 0 Å². The van der Waals surface area contributed by atoms with Gasteiger partial charge >= 0.3 is 6.09 Å². The monoisotopic (exact) mass is 368 g/mol. The highest BCUT2D eigenvalue weighted by molar-refractivity contribution is 5.82. The molecule has 0 aliphatic carbocycles. The van der Waals surface area contributed by atoms with Gasteiger partial charge in [0.2, 0.25) is 5.91 Å². The Morgan fingerprint density at radius 3 is 2.78 bits per heavy atom. The van der Waals surface area contributed by atoms with Gasteiger partial charge in [0, 0.05) is 18.9 Å². The topological polar surface area (TPSA) is 111 Å². The van der Waals surface area contributed by atoms with E-state index in [1.165, 1.54) is 6.33 Å². The van der Waals surface area contributed by atoms with Crippen LogP contribution < -0.4 is 10.6 Å². The van der Waals surface area contributed by atoms with E-state index in [0.717, 1.165) is 24.0 Å². The van der Waals surface area contributed by atoms with Gasteiger partial charge in [0.25, 0.3) is 5.78 Å². The predicted molar refractivity (Wildman–Crippen MR) is 96.7 cm³/mol. The van der Waals surface area contributed by atoms with Crippen LogP contribution in [0.3, 0.4) is 0 Å². The minimum Gasteiger partial charge on any atom is -0.445 e. The largest absolute Gasteiger partial charge is 0.445 e. The van der Waals surface area contributed by atoms with Gasteiger partial charge in [-0.1, -0.05) is 30.3 Å². The lowest BCUT2D eigenvalue weighted by Crippen LogP contribution is -2.37. The number of alkyl carbamates (subject to hydrolysis) is 1. The van der Waals surface area contributed by atoms with Crippen LogP contribution in [0.15, 0.2) is 49.1 Å². The summed E-state index contributed by atoms with van der Waals surface area (Å²) < 4.78 is 6.65. The molecule has 0 unspecified atom stereocenters. The number of hydrogen-bond donors (Lipinski definition) is 2. The molecule has 27 heavy (non-hydrogen) atoms. The van der Waals surface area contributed by atoms with E-state index in [-0.39, 0.29) is 19.1 Å². The molecule has 0 aliphatic heterocycles. The lowest BCUT2D eigenvalue weighted by Gasteiger charge is -2.08. The van der Waals surface area contributed by atoms with Crippen LogP contribution in [-0.2, 0) is 22.6 Å². The molecule has 0 spiro atoms. The standard InChI is InChI=1S/C18H20N6O3/c25-16(10-21-18(26)27-12-14-5-2-1-3-6-14)19-8-4-7-15-9-20-17-22-13-23-24(17)11-15/h1-3,5-6,9,11,13H,4,7-8,10,12H2,(H,19,25)(H,21,26). The van der Waals surface area contributed by atoms with E-state index >= 15 is 0 Å². The van der Waals surface area contributed by atoms with Crippen molar-refractivity contribution in [2.45, 2.75) is 19.4 Å². The Balaban J connectivity index is 1.28. The van der Waals surface area contributed by atoms with Crippen molar-refractivity contribution in [3.8, 4) is 0 Å². The van der Waals surface area contributed by atoms with Gasteiger partial charge in [-0.25, -0.2) is 14.3 Å². The van der Waals surface area contributed by atoms with Crippen molar-refractivity contribution < 1.29 is 14.3 Å². The molecule has 2 amide bonds. The number of ether oxygens (including phenoxy) is 1. The van der Waals surface area contributed by atoms with Crippen molar-refractivity contribution >= 4 is 17.8 Å². The highest BCUT2D eigenvalue weighted by Crippen LogP contribution is 2.02. The van der Waals surface area contributed by atoms with Crippen molar-refractivity contribution in [1.29, 1.82) is 0 Å². The van der Waals surface area contributed by atoms with E-state index in [1.807, 2.05) is 36.5 Å². The Hall–Kier alpha value is -3.49. The van der Waals surface area contributed by atoms with Gasteiger partial charge in [-0.3, -0.25) is 4.79 Å². The molecule has 9 heteroatoms. The van der Waals surface area contributed by atoms with Crippen molar-refractivity contribution in [3.05, 3.63) is 60.2 Å². The molecule has 9 nitrogen and oxygen atoms in total. The lowest BCUT2D eigenvalue weighted by atomic mass is 10.2. The first kappa shape index (κ1) is 18.3. The van der Waals surface area contributed by atoms with Crippen LogP contribution in [0.25, 0.3) is 5.78 Å². The average Bonchev–Trinajstić information content (AvgIpc) is 3.17. The van der Waals surface area contributed by atoms with E-state index in [1.54, 1.807) is 10.7 Å². The fourth-order valence-electron chi connectivity index (χ4n) is 2.40. The molecule has 0 bridgehead atoms. The summed E-state index contributed by atoms with van der Waals surface area (Å²) in [4.78, 5) is 31.5. The summed E-state index contributed by atoms with van der Waals surface area (Å²) in [5, 5.41) is 9.21. The molecule has 1 aromatic carbocycles. The summed E-state index contributed by atoms with van der Waals surface area (Å²) in [7, 11) is 0. The quantitative estimate of drug-likeness (QED) is 0.576. The average molecular weight is 368 g/mol. The summed E-state index contributed by atoms with van der Waals surface area (Å²) in [6.07, 6.45) is 5.92. The zero-order valence-electron chi connectivity index (χ0n) is 14.7. The van der Waals surface area contributed by atoms with E-state index in [9.17, 15) is 9.59 Å². The molecule has 140 valence electrons. The molecule has 2 aromatic heterocycles. The number of benzene rings is 1. The summed E-state index contributed by atoms with van der Waals surface area (Å²) >= 11 is 0. The zero-order chi connectivity index (χ0) is 18.9. The fourth-order valence-corrected chi connectivity index (χ4v) is 2.40. The van der Waals surface area contributed by atoms with Gasteiger partial charge in [0.05, 0.1) is 6.54 Å². The maximum Gasteiger partial charge on any atom is 0.407 e. The Bertz CT molecular complexity index is 896. The van der Waals surface area contributed by atoms with Gasteiger partial charge in [-0.2, -0.15) is 10.1 Å². The molecular formula is C18H20N6O3. The molecule has 0 saturated heterocycles. The van der Waals surface area contributed by atoms with Gasteiger partial charge in [-0.05, 0) is 24.0 Å². The molecule has 0 aliphatic rings. The van der Waals surface area contributed by atoms with Crippen LogP contribution in [0.2, 0.25) is 0 Å². The van der Waals surface area contributed by atoms with Crippen LogP contribution in [0.1, 0.15) is 17.5 Å². The van der Waals surface area contributed by atoms with Crippen LogP contribution >= 0.6 is 0 Å². The molecule has 0 saturated carbocycles. The number of fused-ring (bicyclic) bond motifs is 1. The molecule has 3 aromatic rings. The third kappa shape index (κ3) is 5.77. The van der Waals surface area contributed by atoms with Crippen LogP contribution in [-0.4, -0.2) is 44.7 Å². The minimum atomic E-state index is -0.624. The molecule has 2 heterocycles. The van der Waals surface area contributed by atoms with E-state index in [0.29, 0.717) is 12.3 Å². The number of rotatable bonds is 8. The van der Waals surface area contributed by atoms with Crippen LogP contribution in [0.5, 0.6) is 0 Å². The number of hydrogen-bond acceptors (Lipinski definition) is 6. The van der Waals surface area contributed by atoms with Gasteiger partial charge in [0.1, 0.15) is 12.9 Å². The van der Waals surface area contributed by atoms with Crippen LogP contribution in [0.4, 0.5) is 4.79 Å². The second kappa shape index (κ2) is 9.27. The zero-order valence-corrected chi connectivity index (χ0v) is 14.7.